The molecule has 0 saturated carbocycles. The van der Waals surface area contributed by atoms with Gasteiger partial charge in [-0.2, -0.15) is 21.8 Å². The van der Waals surface area contributed by atoms with Crippen LogP contribution in [0.1, 0.15) is 6.23 Å². The molecule has 2 rings (SSSR count). The number of aliphatic hydroxyl groups is 2. The molecule has 0 radical (unpaired) electrons. The Balaban J connectivity index is 2.47. The van der Waals surface area contributed by atoms with Crippen molar-refractivity contribution in [1.29, 1.82) is 0 Å². The number of halogens is 3. The van der Waals surface area contributed by atoms with Crippen molar-refractivity contribution in [2.45, 2.75) is 24.3 Å². The molecule has 2 heterocycles. The number of hydrogen-bond acceptors (Lipinski definition) is 11. The minimum atomic E-state index is -6.04. The number of alkyl halides is 3. The van der Waals surface area contributed by atoms with Gasteiger partial charge in [-0.1, -0.05) is 0 Å². The van der Waals surface area contributed by atoms with E-state index in [9.17, 15) is 46.8 Å². The second-order valence-corrected chi connectivity index (χ2v) is 10.9. The van der Waals surface area contributed by atoms with Crippen LogP contribution in [0.3, 0.4) is 0 Å². The van der Waals surface area contributed by atoms with Crippen LogP contribution in [0.2, 0.25) is 0 Å². The van der Waals surface area contributed by atoms with Gasteiger partial charge >= 0.3 is 29.6 Å². The summed E-state index contributed by atoms with van der Waals surface area (Å²) in [5, 5.41) is 19.9. The minimum Gasteiger partial charge on any atom is -0.396 e. The van der Waals surface area contributed by atoms with Crippen molar-refractivity contribution >= 4 is 35.7 Å². The third-order valence-electron chi connectivity index (χ3n) is 3.94. The predicted octanol–water partition coefficient (Wildman–Crippen LogP) is 0.00599. The number of ether oxygens (including phenoxy) is 1. The number of hydrogen-bond donors (Lipinski definition) is 7. The van der Waals surface area contributed by atoms with Crippen molar-refractivity contribution in [3.63, 3.8) is 0 Å². The average Bonchev–Trinajstić information content (AvgIpc) is 2.83. The molecule has 0 spiro atoms. The van der Waals surface area contributed by atoms with E-state index in [1.54, 1.807) is 0 Å². The minimum absolute atomic E-state index is 0.368. The summed E-state index contributed by atoms with van der Waals surface area (Å²) in [4.78, 5) is 48.9. The first-order valence-corrected chi connectivity index (χ1v) is 12.8. The highest BCUT2D eigenvalue weighted by Crippen LogP contribution is 2.67. The number of aromatic nitrogens is 2. The van der Waals surface area contributed by atoms with E-state index in [4.69, 9.17) is 31.6 Å². The van der Waals surface area contributed by atoms with Gasteiger partial charge in [0.05, 0.1) is 12.5 Å². The molecule has 4 unspecified atom stereocenters. The van der Waals surface area contributed by atoms with E-state index in [2.05, 4.69) is 13.1 Å². The van der Waals surface area contributed by atoms with Gasteiger partial charge in [0.1, 0.15) is 0 Å². The van der Waals surface area contributed by atoms with Crippen LogP contribution in [0, 0.1) is 10.7 Å². The van der Waals surface area contributed by atoms with Crippen LogP contribution in [0.4, 0.5) is 13.2 Å². The van der Waals surface area contributed by atoms with Crippen LogP contribution in [-0.4, -0.2) is 64.0 Å². The Hall–Kier alpha value is -0.820. The summed E-state index contributed by atoms with van der Waals surface area (Å²) >= 11 is 4.70. The third-order valence-corrected chi connectivity index (χ3v) is 8.06. The number of aromatic amines is 1. The highest BCUT2D eigenvalue weighted by Gasteiger charge is 2.71. The van der Waals surface area contributed by atoms with Crippen molar-refractivity contribution in [1.82, 2.24) is 9.55 Å². The molecular weight excluding hydrogens is 554 g/mol. The van der Waals surface area contributed by atoms with E-state index in [1.807, 2.05) is 4.98 Å². The van der Waals surface area contributed by atoms with Gasteiger partial charge in [-0.05, 0) is 12.2 Å². The zero-order valence-electron chi connectivity index (χ0n) is 15.4. The summed E-state index contributed by atoms with van der Waals surface area (Å²) in [7, 11) is -17.8. The second kappa shape index (κ2) is 9.33. The number of nitrogens with zero attached hydrogens (tertiary/aromatic N) is 1. The first-order chi connectivity index (χ1) is 14.7. The monoisotopic (exact) mass is 568 g/mol. The number of phosphoric ester groups is 1. The maximum Gasteiger partial charge on any atom is 0.490 e. The van der Waals surface area contributed by atoms with Gasteiger partial charge in [-0.25, -0.2) is 13.7 Å². The summed E-state index contributed by atoms with van der Waals surface area (Å²) in [6.45, 7) is -1.62. The molecular formula is C10H14F3N2O14P3S. The number of rotatable bonds is 8. The molecule has 1 aromatic heterocycles. The standard InChI is InChI=1S/C10H14F3N2O14P3S/c11-10(12,13)9(18)4(3-16)6(26-7(9)15-2-1-5(17)14-8(15)33)27-31(22,23)29-32(24,25)28-30(19,20)21/h1-2,4,6-7,16,18H,3H2,(H,22,23)(H,24,25)(H,14,17,33)(H2,19,20,21)/t4?,6-,7-,9?/m1/s1. The Morgan fingerprint density at radius 1 is 1.18 bits per heavy atom. The maximum atomic E-state index is 13.8. The quantitative estimate of drug-likeness (QED) is 0.161. The highest BCUT2D eigenvalue weighted by molar-refractivity contribution is 7.71. The van der Waals surface area contributed by atoms with Crippen LogP contribution in [0.15, 0.2) is 17.1 Å². The number of aliphatic hydroxyl groups excluding tert-OH is 1. The zero-order valence-corrected chi connectivity index (χ0v) is 18.9. The van der Waals surface area contributed by atoms with Crippen molar-refractivity contribution in [2.24, 2.45) is 5.92 Å². The van der Waals surface area contributed by atoms with Gasteiger partial charge in [0.2, 0.25) is 5.60 Å². The molecule has 6 atom stereocenters. The molecule has 0 aromatic carbocycles. The summed E-state index contributed by atoms with van der Waals surface area (Å²) in [6, 6.07) is 0.680. The maximum absolute atomic E-state index is 13.8. The molecule has 190 valence electrons. The lowest BCUT2D eigenvalue weighted by Gasteiger charge is -2.35. The van der Waals surface area contributed by atoms with E-state index in [0.29, 0.717) is 16.8 Å². The lowest BCUT2D eigenvalue weighted by atomic mass is 9.87. The molecule has 23 heteroatoms. The summed E-state index contributed by atoms with van der Waals surface area (Å²) in [6.07, 6.45) is -10.3. The smallest absolute Gasteiger partial charge is 0.396 e. The topological polar surface area (TPSA) is 247 Å². The summed E-state index contributed by atoms with van der Waals surface area (Å²) < 4.78 is 91.1. The lowest BCUT2D eigenvalue weighted by Crippen LogP contribution is -2.56. The van der Waals surface area contributed by atoms with Crippen molar-refractivity contribution in [3.05, 3.63) is 27.4 Å². The number of nitrogens with one attached hydrogen (secondary N) is 1. The van der Waals surface area contributed by atoms with Gasteiger partial charge < -0.3 is 34.5 Å². The summed E-state index contributed by atoms with van der Waals surface area (Å²) in [5.74, 6) is -2.62. The van der Waals surface area contributed by atoms with E-state index in [1.165, 1.54) is 0 Å². The van der Waals surface area contributed by atoms with Crippen molar-refractivity contribution in [3.8, 4) is 0 Å². The summed E-state index contributed by atoms with van der Waals surface area (Å²) in [5.41, 5.74) is -4.94. The second-order valence-electron chi connectivity index (χ2n) is 6.18. The zero-order chi connectivity index (χ0) is 25.6. The molecule has 1 fully saturated rings. The molecule has 1 saturated heterocycles. The fourth-order valence-electron chi connectivity index (χ4n) is 2.71. The molecule has 0 bridgehead atoms. The van der Waals surface area contributed by atoms with Gasteiger partial charge in [-0.15, -0.1) is 0 Å². The fraction of sp³-hybridized carbons (Fsp3) is 0.600. The van der Waals surface area contributed by atoms with E-state index < -0.39 is 70.6 Å². The molecule has 16 nitrogen and oxygen atoms in total. The lowest BCUT2D eigenvalue weighted by molar-refractivity contribution is -0.299. The molecule has 7 N–H and O–H groups in total. The van der Waals surface area contributed by atoms with Crippen molar-refractivity contribution in [2.75, 3.05) is 6.61 Å². The van der Waals surface area contributed by atoms with Crippen LogP contribution < -0.4 is 5.56 Å². The Morgan fingerprint density at radius 2 is 1.76 bits per heavy atom. The van der Waals surface area contributed by atoms with E-state index >= 15 is 0 Å². The molecule has 1 aliphatic heterocycles. The molecule has 0 amide bonds. The van der Waals surface area contributed by atoms with Crippen LogP contribution in [0.5, 0.6) is 0 Å². The Bertz CT molecular complexity index is 1150. The van der Waals surface area contributed by atoms with Crippen LogP contribution in [-0.2, 0) is 31.6 Å². The van der Waals surface area contributed by atoms with E-state index in [-0.39, 0.29) is 0 Å². The third kappa shape index (κ3) is 6.45. The predicted molar refractivity (Wildman–Crippen MR) is 96.3 cm³/mol. The van der Waals surface area contributed by atoms with Gasteiger partial charge in [-0.3, -0.25) is 18.9 Å². The first kappa shape index (κ1) is 28.4. The first-order valence-electron chi connectivity index (χ1n) is 7.91. The molecule has 1 aromatic rings. The van der Waals surface area contributed by atoms with E-state index in [0.717, 1.165) is 0 Å². The van der Waals surface area contributed by atoms with Crippen LogP contribution >= 0.6 is 35.7 Å². The largest absolute Gasteiger partial charge is 0.490 e. The molecule has 0 aliphatic carbocycles. The van der Waals surface area contributed by atoms with Crippen molar-refractivity contribution < 1.29 is 74.5 Å². The van der Waals surface area contributed by atoms with Gasteiger partial charge in [0, 0.05) is 12.3 Å². The Morgan fingerprint density at radius 3 is 2.21 bits per heavy atom. The van der Waals surface area contributed by atoms with Gasteiger partial charge in [0.15, 0.2) is 17.3 Å². The number of phosphoric acid groups is 3. The average molecular weight is 568 g/mol. The normalized spacial score (nSPS) is 30.0. The van der Waals surface area contributed by atoms with Crippen LogP contribution in [0.25, 0.3) is 0 Å². The molecule has 1 aliphatic rings. The number of H-pyrrole nitrogens is 1. The Kier molecular flexibility index (Phi) is 8.03. The molecule has 33 heavy (non-hydrogen) atoms. The SMILES string of the molecule is O=c1ccn([C@@H]2O[C@H](OP(=O)(O)OP(=O)(O)OP(=O)(O)O)C(CO)C2(O)C(F)(F)F)c(=S)[nH]1. The van der Waals surface area contributed by atoms with Gasteiger partial charge in [0.25, 0.3) is 5.56 Å². The highest BCUT2D eigenvalue weighted by atomic mass is 32.1. The fourth-order valence-corrected chi connectivity index (χ4v) is 6.09. The Labute approximate surface area is 184 Å².